The zero-order chi connectivity index (χ0) is 17.7. The molecule has 0 aliphatic carbocycles. The maximum atomic E-state index is 12.7. The largest absolute Gasteiger partial charge is 0.468 e. The lowest BCUT2D eigenvalue weighted by Crippen LogP contribution is -2.44. The van der Waals surface area contributed by atoms with Crippen LogP contribution in [0.2, 0.25) is 0 Å². The number of esters is 1. The number of rotatable bonds is 6. The number of amides is 2. The van der Waals surface area contributed by atoms with Gasteiger partial charge in [-0.25, -0.2) is 0 Å². The number of hydrogen-bond donors (Lipinski definition) is 0. The van der Waals surface area contributed by atoms with Crippen molar-refractivity contribution in [3.63, 3.8) is 0 Å². The summed E-state index contributed by atoms with van der Waals surface area (Å²) >= 11 is 0. The molecule has 1 unspecified atom stereocenters. The molecular formula is C18H24N2O4. The molecule has 1 aromatic rings. The topological polar surface area (TPSA) is 66.9 Å². The van der Waals surface area contributed by atoms with Crippen molar-refractivity contribution in [1.82, 2.24) is 9.80 Å². The summed E-state index contributed by atoms with van der Waals surface area (Å²) in [5.74, 6) is -1.06. The fourth-order valence-electron chi connectivity index (χ4n) is 2.85. The average Bonchev–Trinajstić information content (AvgIpc) is 2.93. The first-order valence-corrected chi connectivity index (χ1v) is 8.11. The second kappa shape index (κ2) is 7.95. The zero-order valence-electron chi connectivity index (χ0n) is 14.4. The number of ether oxygens (including phenoxy) is 1. The van der Waals surface area contributed by atoms with Gasteiger partial charge in [0.1, 0.15) is 6.54 Å². The first-order valence-electron chi connectivity index (χ1n) is 8.11. The second-order valence-electron chi connectivity index (χ2n) is 6.30. The third-order valence-corrected chi connectivity index (χ3v) is 4.21. The Bertz CT molecular complexity index is 600. The fraction of sp³-hybridized carbons (Fsp3) is 0.500. The van der Waals surface area contributed by atoms with Crippen molar-refractivity contribution >= 4 is 17.8 Å². The Labute approximate surface area is 142 Å². The summed E-state index contributed by atoms with van der Waals surface area (Å²) in [6.45, 7) is 4.49. The number of benzene rings is 1. The molecule has 6 heteroatoms. The Morgan fingerprint density at radius 2 is 1.96 bits per heavy atom. The summed E-state index contributed by atoms with van der Waals surface area (Å²) < 4.78 is 4.65. The molecule has 1 aromatic carbocycles. The predicted molar refractivity (Wildman–Crippen MR) is 88.8 cm³/mol. The van der Waals surface area contributed by atoms with Crippen LogP contribution >= 0.6 is 0 Å². The van der Waals surface area contributed by atoms with Gasteiger partial charge in [-0.15, -0.1) is 0 Å². The van der Waals surface area contributed by atoms with E-state index in [1.54, 1.807) is 4.90 Å². The average molecular weight is 332 g/mol. The second-order valence-corrected chi connectivity index (χ2v) is 6.30. The van der Waals surface area contributed by atoms with Gasteiger partial charge in [0.05, 0.1) is 13.0 Å². The van der Waals surface area contributed by atoms with Gasteiger partial charge in [-0.2, -0.15) is 0 Å². The van der Waals surface area contributed by atoms with E-state index in [1.807, 2.05) is 44.2 Å². The minimum absolute atomic E-state index is 0.0287. The highest BCUT2D eigenvalue weighted by Crippen LogP contribution is 2.23. The lowest BCUT2D eigenvalue weighted by Gasteiger charge is -2.28. The van der Waals surface area contributed by atoms with E-state index in [9.17, 15) is 14.4 Å². The fourth-order valence-corrected chi connectivity index (χ4v) is 2.85. The SMILES string of the molecule is COC(=O)CN(C(=O)C1CC(=O)N(Cc2ccccc2)C1)C(C)C. The molecule has 0 bridgehead atoms. The summed E-state index contributed by atoms with van der Waals surface area (Å²) in [6.07, 6.45) is 0.191. The molecule has 24 heavy (non-hydrogen) atoms. The van der Waals surface area contributed by atoms with Crippen LogP contribution in [0.25, 0.3) is 0 Å². The molecule has 1 saturated heterocycles. The molecule has 2 rings (SSSR count). The van der Waals surface area contributed by atoms with Gasteiger partial charge in [0, 0.05) is 25.6 Å². The first kappa shape index (κ1) is 18.0. The van der Waals surface area contributed by atoms with E-state index in [1.165, 1.54) is 12.0 Å². The number of nitrogens with zero attached hydrogens (tertiary/aromatic N) is 2. The van der Waals surface area contributed by atoms with Gasteiger partial charge in [-0.3, -0.25) is 14.4 Å². The molecule has 130 valence electrons. The molecule has 1 aliphatic heterocycles. The summed E-state index contributed by atoms with van der Waals surface area (Å²) in [7, 11) is 1.30. The lowest BCUT2D eigenvalue weighted by atomic mass is 10.1. The van der Waals surface area contributed by atoms with Gasteiger partial charge < -0.3 is 14.5 Å². The minimum Gasteiger partial charge on any atom is -0.468 e. The smallest absolute Gasteiger partial charge is 0.325 e. The van der Waals surface area contributed by atoms with Crippen molar-refractivity contribution in [2.45, 2.75) is 32.9 Å². The highest BCUT2D eigenvalue weighted by molar-refractivity contribution is 5.91. The number of carbonyl (C=O) groups excluding carboxylic acids is 3. The monoisotopic (exact) mass is 332 g/mol. The van der Waals surface area contributed by atoms with Crippen LogP contribution < -0.4 is 0 Å². The molecule has 0 aromatic heterocycles. The Morgan fingerprint density at radius 3 is 2.54 bits per heavy atom. The van der Waals surface area contributed by atoms with Gasteiger partial charge in [0.15, 0.2) is 0 Å². The van der Waals surface area contributed by atoms with Gasteiger partial charge in [-0.05, 0) is 19.4 Å². The van der Waals surface area contributed by atoms with Crippen molar-refractivity contribution in [3.05, 3.63) is 35.9 Å². The van der Waals surface area contributed by atoms with E-state index < -0.39 is 11.9 Å². The Balaban J connectivity index is 2.02. The van der Waals surface area contributed by atoms with Gasteiger partial charge in [0.25, 0.3) is 0 Å². The molecule has 0 spiro atoms. The summed E-state index contributed by atoms with van der Waals surface area (Å²) in [6, 6.07) is 9.56. The molecule has 1 fully saturated rings. The van der Waals surface area contributed by atoms with Crippen LogP contribution in [0.5, 0.6) is 0 Å². The van der Waals surface area contributed by atoms with Crippen molar-refractivity contribution in [2.24, 2.45) is 5.92 Å². The standard InChI is InChI=1S/C18H24N2O4/c1-13(2)20(12-17(22)24-3)18(23)15-9-16(21)19(11-15)10-14-7-5-4-6-8-14/h4-8,13,15H,9-12H2,1-3H3. The summed E-state index contributed by atoms with van der Waals surface area (Å²) in [4.78, 5) is 39.7. The lowest BCUT2D eigenvalue weighted by molar-refractivity contribution is -0.149. The van der Waals surface area contributed by atoms with E-state index in [4.69, 9.17) is 0 Å². The molecular weight excluding hydrogens is 308 g/mol. The van der Waals surface area contributed by atoms with E-state index in [-0.39, 0.29) is 30.8 Å². The van der Waals surface area contributed by atoms with Gasteiger partial charge in [0.2, 0.25) is 11.8 Å². The van der Waals surface area contributed by atoms with Crippen molar-refractivity contribution in [3.8, 4) is 0 Å². The number of hydrogen-bond acceptors (Lipinski definition) is 4. The van der Waals surface area contributed by atoms with Crippen LogP contribution in [0.1, 0.15) is 25.8 Å². The van der Waals surface area contributed by atoms with E-state index in [2.05, 4.69) is 4.74 Å². The molecule has 0 saturated carbocycles. The third kappa shape index (κ3) is 4.34. The molecule has 6 nitrogen and oxygen atoms in total. The molecule has 1 atom stereocenters. The van der Waals surface area contributed by atoms with Crippen molar-refractivity contribution in [2.75, 3.05) is 20.2 Å². The van der Waals surface area contributed by atoms with Gasteiger partial charge >= 0.3 is 5.97 Å². The number of methoxy groups -OCH3 is 1. The molecule has 0 N–H and O–H groups in total. The highest BCUT2D eigenvalue weighted by Gasteiger charge is 2.37. The Morgan fingerprint density at radius 1 is 1.29 bits per heavy atom. The van der Waals surface area contributed by atoms with E-state index >= 15 is 0 Å². The normalized spacial score (nSPS) is 17.2. The molecule has 2 amide bonds. The van der Waals surface area contributed by atoms with E-state index in [0.29, 0.717) is 13.1 Å². The quantitative estimate of drug-likeness (QED) is 0.740. The highest BCUT2D eigenvalue weighted by atomic mass is 16.5. The molecule has 1 aliphatic rings. The number of likely N-dealkylation sites (tertiary alicyclic amines) is 1. The Kier molecular flexibility index (Phi) is 5.95. The summed E-state index contributed by atoms with van der Waals surface area (Å²) in [5, 5.41) is 0. The Hall–Kier alpha value is -2.37. The third-order valence-electron chi connectivity index (χ3n) is 4.21. The van der Waals surface area contributed by atoms with Crippen molar-refractivity contribution < 1.29 is 19.1 Å². The van der Waals surface area contributed by atoms with Crippen LogP contribution in [0.15, 0.2) is 30.3 Å². The number of carbonyl (C=O) groups is 3. The maximum Gasteiger partial charge on any atom is 0.325 e. The maximum absolute atomic E-state index is 12.7. The van der Waals surface area contributed by atoms with Crippen molar-refractivity contribution in [1.29, 1.82) is 0 Å². The van der Waals surface area contributed by atoms with Crippen LogP contribution in [-0.2, 0) is 25.7 Å². The molecule has 0 radical (unpaired) electrons. The summed E-state index contributed by atoms with van der Waals surface area (Å²) in [5.41, 5.74) is 1.04. The predicted octanol–water partition coefficient (Wildman–Crippen LogP) is 1.45. The van der Waals surface area contributed by atoms with Crippen LogP contribution in [0.3, 0.4) is 0 Å². The minimum atomic E-state index is -0.456. The van der Waals surface area contributed by atoms with Crippen LogP contribution in [-0.4, -0.2) is 53.8 Å². The molecule has 1 heterocycles. The zero-order valence-corrected chi connectivity index (χ0v) is 14.4. The van der Waals surface area contributed by atoms with Crippen LogP contribution in [0.4, 0.5) is 0 Å². The van der Waals surface area contributed by atoms with Gasteiger partial charge in [-0.1, -0.05) is 30.3 Å². The van der Waals surface area contributed by atoms with E-state index in [0.717, 1.165) is 5.56 Å². The first-order chi connectivity index (χ1) is 11.4. The van der Waals surface area contributed by atoms with Crippen LogP contribution in [0, 0.1) is 5.92 Å².